The van der Waals surface area contributed by atoms with E-state index in [1.807, 2.05) is 0 Å². The Kier molecular flexibility index (Phi) is 11.2. The third-order valence-corrected chi connectivity index (χ3v) is 9.06. The Morgan fingerprint density at radius 2 is 1.43 bits per heavy atom. The maximum absolute atomic E-state index is 14.9. The van der Waals surface area contributed by atoms with Crippen LogP contribution in [-0.2, 0) is 6.11 Å². The molecule has 0 unspecified atom stereocenters. The molecule has 2 aliphatic carbocycles. The largest absolute Gasteiger partial charge is 0.453 e. The Morgan fingerprint density at radius 3 is 2.00 bits per heavy atom. The van der Waals surface area contributed by atoms with Gasteiger partial charge < -0.3 is 9.47 Å². The molecule has 0 aliphatic heterocycles. The maximum Gasteiger partial charge on any atom is 0.429 e. The second-order valence-corrected chi connectivity index (χ2v) is 11.8. The first-order chi connectivity index (χ1) is 20.1. The third kappa shape index (κ3) is 8.44. The summed E-state index contributed by atoms with van der Waals surface area (Å²) in [7, 11) is 0. The third-order valence-electron chi connectivity index (χ3n) is 9.06. The highest BCUT2D eigenvalue weighted by molar-refractivity contribution is 5.36. The first-order valence-corrected chi connectivity index (χ1v) is 15.1. The van der Waals surface area contributed by atoms with Crippen molar-refractivity contribution < 1.29 is 40.2 Å². The van der Waals surface area contributed by atoms with Crippen LogP contribution in [0.15, 0.2) is 42.7 Å². The minimum absolute atomic E-state index is 0.0770. The van der Waals surface area contributed by atoms with Crippen LogP contribution in [0.2, 0.25) is 0 Å². The van der Waals surface area contributed by atoms with Crippen LogP contribution in [0.25, 0.3) is 0 Å². The molecule has 9 heteroatoms. The van der Waals surface area contributed by atoms with Gasteiger partial charge in [0.1, 0.15) is 11.6 Å². The van der Waals surface area contributed by atoms with Gasteiger partial charge in [0.15, 0.2) is 23.6 Å². The quantitative estimate of drug-likeness (QED) is 0.137. The molecule has 4 rings (SSSR count). The Hall–Kier alpha value is -2.71. The molecular weight excluding hydrogens is 561 g/mol. The molecule has 42 heavy (non-hydrogen) atoms. The van der Waals surface area contributed by atoms with Crippen molar-refractivity contribution in [2.45, 2.75) is 102 Å². The van der Waals surface area contributed by atoms with Crippen LogP contribution in [0.1, 0.15) is 107 Å². The van der Waals surface area contributed by atoms with E-state index in [2.05, 4.69) is 16.4 Å². The standard InChI is InChI=1S/C33H39F7O2/c1-2-3-4-5-6-21-7-9-22(10-8-21)23-11-13-24(14-12-23)25-15-16-27(28(34)17-25)33(39,40)42-26-18-29(35)32(30(36)19-26)41-20-31(37)38/h15-24H,2-14H2,1H3. The van der Waals surface area contributed by atoms with Crippen LogP contribution in [0, 0.1) is 35.2 Å². The molecule has 0 saturated heterocycles. The van der Waals surface area contributed by atoms with Crippen LogP contribution >= 0.6 is 0 Å². The maximum atomic E-state index is 14.9. The Morgan fingerprint density at radius 1 is 0.810 bits per heavy atom. The molecule has 232 valence electrons. The molecule has 0 spiro atoms. The molecule has 0 heterocycles. The van der Waals surface area contributed by atoms with Gasteiger partial charge in [0.2, 0.25) is 0 Å². The number of hydrogen-bond acceptors (Lipinski definition) is 2. The summed E-state index contributed by atoms with van der Waals surface area (Å²) in [5.74, 6) is -4.10. The lowest BCUT2D eigenvalue weighted by Gasteiger charge is -2.38. The molecule has 2 aromatic rings. The first kappa shape index (κ1) is 32.2. The van der Waals surface area contributed by atoms with Crippen molar-refractivity contribution in [3.63, 3.8) is 0 Å². The van der Waals surface area contributed by atoms with Crippen LogP contribution < -0.4 is 9.47 Å². The number of alkyl halides is 2. The van der Waals surface area contributed by atoms with Gasteiger partial charge in [-0.25, -0.2) is 13.2 Å². The number of benzene rings is 2. The van der Waals surface area contributed by atoms with Crippen molar-refractivity contribution in [1.29, 1.82) is 0 Å². The van der Waals surface area contributed by atoms with Crippen molar-refractivity contribution in [1.82, 2.24) is 0 Å². The summed E-state index contributed by atoms with van der Waals surface area (Å²) in [6.07, 6.45) is 8.85. The second kappa shape index (κ2) is 14.6. The van der Waals surface area contributed by atoms with E-state index in [0.717, 1.165) is 49.7 Å². The fourth-order valence-electron chi connectivity index (χ4n) is 6.77. The van der Waals surface area contributed by atoms with E-state index in [1.54, 1.807) is 0 Å². The lowest BCUT2D eigenvalue weighted by atomic mass is 9.68. The molecule has 2 fully saturated rings. The summed E-state index contributed by atoms with van der Waals surface area (Å²) >= 11 is 0. The van der Waals surface area contributed by atoms with Crippen LogP contribution in [0.4, 0.5) is 30.7 Å². The van der Waals surface area contributed by atoms with E-state index in [1.165, 1.54) is 63.9 Å². The lowest BCUT2D eigenvalue weighted by Crippen LogP contribution is -2.26. The molecule has 0 bridgehead atoms. The van der Waals surface area contributed by atoms with Gasteiger partial charge in [-0.05, 0) is 79.9 Å². The van der Waals surface area contributed by atoms with Crippen molar-refractivity contribution >= 4 is 0 Å². The molecule has 2 aromatic carbocycles. The summed E-state index contributed by atoms with van der Waals surface area (Å²) in [6.45, 7) is 2.23. The van der Waals surface area contributed by atoms with Gasteiger partial charge >= 0.3 is 12.2 Å². The van der Waals surface area contributed by atoms with Gasteiger partial charge in [-0.3, -0.25) is 0 Å². The zero-order chi connectivity index (χ0) is 30.3. The minimum Gasteiger partial charge on any atom is -0.453 e. The minimum atomic E-state index is -4.25. The van der Waals surface area contributed by atoms with E-state index in [-0.39, 0.29) is 12.2 Å². The second-order valence-electron chi connectivity index (χ2n) is 11.8. The molecule has 0 atom stereocenters. The highest BCUT2D eigenvalue weighted by Crippen LogP contribution is 2.45. The average molecular weight is 601 g/mol. The van der Waals surface area contributed by atoms with E-state index in [9.17, 15) is 30.7 Å². The lowest BCUT2D eigenvalue weighted by molar-refractivity contribution is -0.187. The molecule has 2 saturated carbocycles. The molecular formula is C33H39F7O2. The van der Waals surface area contributed by atoms with Crippen LogP contribution in [-0.4, -0.2) is 0 Å². The summed E-state index contributed by atoms with van der Waals surface area (Å²) in [4.78, 5) is 0. The molecule has 2 aliphatic rings. The van der Waals surface area contributed by atoms with Crippen molar-refractivity contribution in [3.8, 4) is 11.5 Å². The fourth-order valence-corrected chi connectivity index (χ4v) is 6.77. The number of ether oxygens (including phenoxy) is 2. The van der Waals surface area contributed by atoms with Gasteiger partial charge in [-0.2, -0.15) is 17.6 Å². The zero-order valence-corrected chi connectivity index (χ0v) is 23.9. The number of halogens is 7. The molecule has 0 N–H and O–H groups in total. The number of hydrogen-bond donors (Lipinski definition) is 0. The predicted molar refractivity (Wildman–Crippen MR) is 147 cm³/mol. The van der Waals surface area contributed by atoms with Gasteiger partial charge in [0.25, 0.3) is 0 Å². The summed E-state index contributed by atoms with van der Waals surface area (Å²) in [6, 6.07) is 4.19. The van der Waals surface area contributed by atoms with Crippen molar-refractivity contribution in [3.05, 3.63) is 71.3 Å². The number of rotatable bonds is 12. The SMILES string of the molecule is CCCCCCC1CCC(C2CCC(c3ccc(C(F)(F)Oc4cc(F)c(OC=C(F)F)c(F)c4)c(F)c3)CC2)CC1. The normalized spacial score (nSPS) is 23.0. The smallest absolute Gasteiger partial charge is 0.429 e. The molecule has 0 radical (unpaired) electrons. The van der Waals surface area contributed by atoms with Crippen LogP contribution in [0.5, 0.6) is 11.5 Å². The van der Waals surface area contributed by atoms with Crippen molar-refractivity contribution in [2.75, 3.05) is 0 Å². The Bertz CT molecular complexity index is 1170. The zero-order valence-electron chi connectivity index (χ0n) is 23.9. The van der Waals surface area contributed by atoms with Gasteiger partial charge in [0, 0.05) is 12.1 Å². The first-order valence-electron chi connectivity index (χ1n) is 15.1. The number of unbranched alkanes of at least 4 members (excludes halogenated alkanes) is 3. The molecule has 0 aromatic heterocycles. The monoisotopic (exact) mass is 600 g/mol. The predicted octanol–water partition coefficient (Wildman–Crippen LogP) is 11.4. The van der Waals surface area contributed by atoms with Gasteiger partial charge in [0.05, 0.1) is 5.56 Å². The highest BCUT2D eigenvalue weighted by Gasteiger charge is 2.39. The highest BCUT2D eigenvalue weighted by atomic mass is 19.3. The Labute approximate surface area is 243 Å². The van der Waals surface area contributed by atoms with Crippen LogP contribution in [0.3, 0.4) is 0 Å². The topological polar surface area (TPSA) is 18.5 Å². The van der Waals surface area contributed by atoms with E-state index < -0.39 is 46.7 Å². The van der Waals surface area contributed by atoms with Gasteiger partial charge in [-0.1, -0.05) is 57.9 Å². The van der Waals surface area contributed by atoms with E-state index in [0.29, 0.717) is 23.6 Å². The molecule has 2 nitrogen and oxygen atoms in total. The van der Waals surface area contributed by atoms with E-state index in [4.69, 9.17) is 0 Å². The Balaban J connectivity index is 1.31. The average Bonchev–Trinajstić information content (AvgIpc) is 2.95. The van der Waals surface area contributed by atoms with Crippen molar-refractivity contribution in [2.24, 2.45) is 17.8 Å². The van der Waals surface area contributed by atoms with E-state index >= 15 is 0 Å². The molecule has 0 amide bonds. The summed E-state index contributed by atoms with van der Waals surface area (Å²) < 4.78 is 106. The summed E-state index contributed by atoms with van der Waals surface area (Å²) in [5.41, 5.74) is -0.428. The summed E-state index contributed by atoms with van der Waals surface area (Å²) in [5, 5.41) is 0. The van der Waals surface area contributed by atoms with Gasteiger partial charge in [-0.15, -0.1) is 0 Å². The fraction of sp³-hybridized carbons (Fsp3) is 0.576.